The van der Waals surface area contributed by atoms with Gasteiger partial charge in [-0.15, -0.1) is 0 Å². The highest BCUT2D eigenvalue weighted by Gasteiger charge is 2.27. The second kappa shape index (κ2) is 6.06. The van der Waals surface area contributed by atoms with Gasteiger partial charge in [0.15, 0.2) is 0 Å². The minimum Gasteiger partial charge on any atom is -0.330 e. The summed E-state index contributed by atoms with van der Waals surface area (Å²) in [4.78, 5) is 2.65. The van der Waals surface area contributed by atoms with Gasteiger partial charge in [0.1, 0.15) is 0 Å². The van der Waals surface area contributed by atoms with Crippen molar-refractivity contribution in [1.29, 1.82) is 0 Å². The first-order chi connectivity index (χ1) is 9.36. The highest BCUT2D eigenvalue weighted by Crippen LogP contribution is 2.31. The summed E-state index contributed by atoms with van der Waals surface area (Å²) in [5.74, 6) is 1.61. The zero-order chi connectivity index (χ0) is 13.1. The molecule has 3 rings (SSSR count). The van der Waals surface area contributed by atoms with Crippen LogP contribution in [0.25, 0.3) is 0 Å². The Kier molecular flexibility index (Phi) is 4.19. The maximum Gasteiger partial charge on any atom is 0.0236 e. The van der Waals surface area contributed by atoms with Gasteiger partial charge in [0.2, 0.25) is 0 Å². The van der Waals surface area contributed by atoms with E-state index in [1.54, 1.807) is 5.56 Å². The fraction of sp³-hybridized carbons (Fsp3) is 0.647. The van der Waals surface area contributed by atoms with E-state index in [0.29, 0.717) is 0 Å². The molecule has 1 saturated carbocycles. The lowest BCUT2D eigenvalue weighted by molar-refractivity contribution is 0.145. The lowest BCUT2D eigenvalue weighted by Crippen LogP contribution is -2.39. The Morgan fingerprint density at radius 2 is 1.79 bits per heavy atom. The van der Waals surface area contributed by atoms with Crippen LogP contribution in [-0.2, 0) is 13.0 Å². The molecule has 1 heterocycles. The molecule has 0 bridgehead atoms. The summed E-state index contributed by atoms with van der Waals surface area (Å²) in [5, 5.41) is 0. The van der Waals surface area contributed by atoms with Gasteiger partial charge in [-0.1, -0.05) is 37.1 Å². The standard InChI is InChI=1S/C17H26N2/c18-11-15-6-2-4-8-17(15)13-19-10-9-14-5-1-3-7-16(14)12-19/h1,3,5,7,15,17H,2,4,6,8-13,18H2. The third-order valence-corrected chi connectivity index (χ3v) is 5.07. The monoisotopic (exact) mass is 258 g/mol. The third kappa shape index (κ3) is 3.01. The number of nitrogens with zero attached hydrogens (tertiary/aromatic N) is 1. The molecule has 2 atom stereocenters. The average molecular weight is 258 g/mol. The normalized spacial score (nSPS) is 28.1. The largest absolute Gasteiger partial charge is 0.330 e. The van der Waals surface area contributed by atoms with Crippen LogP contribution >= 0.6 is 0 Å². The summed E-state index contributed by atoms with van der Waals surface area (Å²) in [6.07, 6.45) is 6.76. The minimum atomic E-state index is 0.769. The summed E-state index contributed by atoms with van der Waals surface area (Å²) in [7, 11) is 0. The molecule has 0 amide bonds. The average Bonchev–Trinajstić information content (AvgIpc) is 2.48. The number of hydrogen-bond donors (Lipinski definition) is 1. The topological polar surface area (TPSA) is 29.3 Å². The van der Waals surface area contributed by atoms with Crippen LogP contribution in [0.1, 0.15) is 36.8 Å². The van der Waals surface area contributed by atoms with Gasteiger partial charge in [0.25, 0.3) is 0 Å². The van der Waals surface area contributed by atoms with Gasteiger partial charge in [-0.05, 0) is 48.8 Å². The summed E-state index contributed by atoms with van der Waals surface area (Å²) < 4.78 is 0. The van der Waals surface area contributed by atoms with Crippen molar-refractivity contribution >= 4 is 0 Å². The molecule has 0 aromatic heterocycles. The Bertz CT molecular complexity index is 415. The molecular weight excluding hydrogens is 232 g/mol. The van der Waals surface area contributed by atoms with Crippen LogP contribution < -0.4 is 5.73 Å². The third-order valence-electron chi connectivity index (χ3n) is 5.07. The van der Waals surface area contributed by atoms with Crippen molar-refractivity contribution in [3.05, 3.63) is 35.4 Å². The molecule has 2 unspecified atom stereocenters. The summed E-state index contributed by atoms with van der Waals surface area (Å²) in [6.45, 7) is 4.51. The van der Waals surface area contributed by atoms with Gasteiger partial charge < -0.3 is 5.73 Å². The molecule has 1 aliphatic heterocycles. The molecule has 2 aliphatic rings. The zero-order valence-electron chi connectivity index (χ0n) is 11.9. The van der Waals surface area contributed by atoms with E-state index >= 15 is 0 Å². The van der Waals surface area contributed by atoms with Crippen LogP contribution in [0.4, 0.5) is 0 Å². The molecule has 2 heteroatoms. The van der Waals surface area contributed by atoms with E-state index in [0.717, 1.165) is 24.9 Å². The first kappa shape index (κ1) is 13.1. The molecule has 1 aromatic rings. The molecule has 1 aliphatic carbocycles. The van der Waals surface area contributed by atoms with E-state index in [2.05, 4.69) is 29.2 Å². The van der Waals surface area contributed by atoms with E-state index < -0.39 is 0 Å². The van der Waals surface area contributed by atoms with Gasteiger partial charge in [-0.2, -0.15) is 0 Å². The van der Waals surface area contributed by atoms with E-state index in [1.165, 1.54) is 50.8 Å². The lowest BCUT2D eigenvalue weighted by Gasteiger charge is -2.37. The SMILES string of the molecule is NCC1CCCCC1CN1CCc2ccccc2C1. The summed E-state index contributed by atoms with van der Waals surface area (Å²) in [6, 6.07) is 8.92. The summed E-state index contributed by atoms with van der Waals surface area (Å²) in [5.41, 5.74) is 9.05. The van der Waals surface area contributed by atoms with Crippen LogP contribution in [-0.4, -0.2) is 24.5 Å². The van der Waals surface area contributed by atoms with Crippen molar-refractivity contribution < 1.29 is 0 Å². The van der Waals surface area contributed by atoms with Gasteiger partial charge in [-0.3, -0.25) is 4.90 Å². The van der Waals surface area contributed by atoms with E-state index in [4.69, 9.17) is 5.73 Å². The molecule has 1 fully saturated rings. The number of benzene rings is 1. The fourth-order valence-electron chi connectivity index (χ4n) is 3.88. The van der Waals surface area contributed by atoms with Crippen molar-refractivity contribution in [3.8, 4) is 0 Å². The van der Waals surface area contributed by atoms with Gasteiger partial charge in [0.05, 0.1) is 0 Å². The van der Waals surface area contributed by atoms with Crippen molar-refractivity contribution in [2.24, 2.45) is 17.6 Å². The molecular formula is C17H26N2. The van der Waals surface area contributed by atoms with E-state index in [9.17, 15) is 0 Å². The molecule has 1 aromatic carbocycles. The Morgan fingerprint density at radius 3 is 2.58 bits per heavy atom. The fourth-order valence-corrected chi connectivity index (χ4v) is 3.88. The quantitative estimate of drug-likeness (QED) is 0.903. The van der Waals surface area contributed by atoms with Gasteiger partial charge in [-0.25, -0.2) is 0 Å². The summed E-state index contributed by atoms with van der Waals surface area (Å²) >= 11 is 0. The molecule has 0 saturated heterocycles. The van der Waals surface area contributed by atoms with Crippen molar-refractivity contribution in [2.75, 3.05) is 19.6 Å². The lowest BCUT2D eigenvalue weighted by atomic mass is 9.78. The van der Waals surface area contributed by atoms with Crippen LogP contribution in [0.3, 0.4) is 0 Å². The van der Waals surface area contributed by atoms with Gasteiger partial charge in [0, 0.05) is 19.6 Å². The molecule has 19 heavy (non-hydrogen) atoms. The highest BCUT2D eigenvalue weighted by molar-refractivity contribution is 5.29. The predicted molar refractivity (Wildman–Crippen MR) is 79.9 cm³/mol. The first-order valence-corrected chi connectivity index (χ1v) is 7.86. The minimum absolute atomic E-state index is 0.769. The van der Waals surface area contributed by atoms with E-state index in [1.807, 2.05) is 0 Å². The van der Waals surface area contributed by atoms with Crippen molar-refractivity contribution in [2.45, 2.75) is 38.6 Å². The van der Waals surface area contributed by atoms with Crippen LogP contribution in [0, 0.1) is 11.8 Å². The smallest absolute Gasteiger partial charge is 0.0236 e. The number of hydrogen-bond acceptors (Lipinski definition) is 2. The Labute approximate surface area is 117 Å². The van der Waals surface area contributed by atoms with Crippen molar-refractivity contribution in [1.82, 2.24) is 4.90 Å². The highest BCUT2D eigenvalue weighted by atomic mass is 15.1. The maximum absolute atomic E-state index is 5.96. The number of nitrogens with two attached hydrogens (primary N) is 1. The number of rotatable bonds is 3. The first-order valence-electron chi connectivity index (χ1n) is 7.86. The Balaban J connectivity index is 1.62. The second-order valence-corrected chi connectivity index (χ2v) is 6.29. The molecule has 0 radical (unpaired) electrons. The molecule has 104 valence electrons. The van der Waals surface area contributed by atoms with E-state index in [-0.39, 0.29) is 0 Å². The zero-order valence-corrected chi connectivity index (χ0v) is 11.9. The molecule has 2 N–H and O–H groups in total. The van der Waals surface area contributed by atoms with Crippen LogP contribution in [0.5, 0.6) is 0 Å². The molecule has 0 spiro atoms. The van der Waals surface area contributed by atoms with Crippen LogP contribution in [0.15, 0.2) is 24.3 Å². The maximum atomic E-state index is 5.96. The Morgan fingerprint density at radius 1 is 1.05 bits per heavy atom. The predicted octanol–water partition coefficient (Wildman–Crippen LogP) is 2.81. The molecule has 2 nitrogen and oxygen atoms in total. The van der Waals surface area contributed by atoms with Crippen LogP contribution in [0.2, 0.25) is 0 Å². The Hall–Kier alpha value is -0.860. The van der Waals surface area contributed by atoms with Gasteiger partial charge >= 0.3 is 0 Å². The second-order valence-electron chi connectivity index (χ2n) is 6.29. The number of fused-ring (bicyclic) bond motifs is 1. The van der Waals surface area contributed by atoms with Crippen molar-refractivity contribution in [3.63, 3.8) is 0 Å².